The van der Waals surface area contributed by atoms with Crippen LogP contribution in [0.4, 0.5) is 0 Å². The largest absolute Gasteiger partial charge is 0.396 e. The van der Waals surface area contributed by atoms with Crippen molar-refractivity contribution < 1.29 is 9.84 Å². The highest BCUT2D eigenvalue weighted by Gasteiger charge is 2.42. The summed E-state index contributed by atoms with van der Waals surface area (Å²) in [6, 6.07) is 31.3. The lowest BCUT2D eigenvalue weighted by atomic mass is 9.80. The molecule has 0 saturated heterocycles. The van der Waals surface area contributed by atoms with Crippen LogP contribution in [0.15, 0.2) is 91.0 Å². The van der Waals surface area contributed by atoms with Crippen molar-refractivity contribution in [2.45, 2.75) is 12.0 Å². The zero-order valence-corrected chi connectivity index (χ0v) is 14.8. The number of benzene rings is 3. The number of aliphatic hydroxyl groups excluding tert-OH is 1. The smallest absolute Gasteiger partial charge is 0.143 e. The maximum atomic E-state index is 9.40. The average molecular weight is 344 g/mol. The van der Waals surface area contributed by atoms with Crippen LogP contribution in [0.3, 0.4) is 0 Å². The first-order valence-electron chi connectivity index (χ1n) is 9.26. The van der Waals surface area contributed by atoms with Gasteiger partial charge in [-0.05, 0) is 34.9 Å². The van der Waals surface area contributed by atoms with Gasteiger partial charge in [0, 0.05) is 6.61 Å². The quantitative estimate of drug-likeness (QED) is 0.634. The first kappa shape index (κ1) is 17.0. The summed E-state index contributed by atoms with van der Waals surface area (Å²) in [5.41, 5.74) is 2.72. The second-order valence-electron chi connectivity index (χ2n) is 7.03. The van der Waals surface area contributed by atoms with E-state index in [2.05, 4.69) is 72.8 Å². The Kier molecular flexibility index (Phi) is 4.87. The lowest BCUT2D eigenvalue weighted by Crippen LogP contribution is -2.33. The third kappa shape index (κ3) is 3.18. The van der Waals surface area contributed by atoms with E-state index in [4.69, 9.17) is 4.74 Å². The molecule has 0 radical (unpaired) electrons. The van der Waals surface area contributed by atoms with Crippen molar-refractivity contribution in [2.24, 2.45) is 11.8 Å². The topological polar surface area (TPSA) is 29.5 Å². The SMILES string of the molecule is OCC1CC1COC(c1ccccc1)(c1ccccc1)c1ccccc1. The van der Waals surface area contributed by atoms with E-state index in [1.807, 2.05) is 18.2 Å². The van der Waals surface area contributed by atoms with Gasteiger partial charge in [0.1, 0.15) is 5.60 Å². The minimum absolute atomic E-state index is 0.253. The summed E-state index contributed by atoms with van der Waals surface area (Å²) in [6.07, 6.45) is 1.05. The second kappa shape index (κ2) is 7.45. The Morgan fingerprint density at radius 2 is 1.12 bits per heavy atom. The van der Waals surface area contributed by atoms with Gasteiger partial charge in [0.2, 0.25) is 0 Å². The van der Waals surface area contributed by atoms with Gasteiger partial charge in [0.05, 0.1) is 6.61 Å². The molecule has 1 aliphatic rings. The van der Waals surface area contributed by atoms with Crippen LogP contribution in [-0.4, -0.2) is 18.3 Å². The van der Waals surface area contributed by atoms with E-state index in [0.29, 0.717) is 18.4 Å². The molecule has 1 N–H and O–H groups in total. The summed E-state index contributed by atoms with van der Waals surface area (Å²) in [5.74, 6) is 0.825. The number of aliphatic hydroxyl groups is 1. The Hall–Kier alpha value is -2.42. The summed E-state index contributed by atoms with van der Waals surface area (Å²) in [6.45, 7) is 0.896. The molecule has 1 fully saturated rings. The number of hydrogen-bond acceptors (Lipinski definition) is 2. The molecular weight excluding hydrogens is 320 g/mol. The number of ether oxygens (including phenoxy) is 1. The fourth-order valence-corrected chi connectivity index (χ4v) is 3.74. The van der Waals surface area contributed by atoms with E-state index < -0.39 is 5.60 Å². The molecular formula is C24H24O2. The molecule has 26 heavy (non-hydrogen) atoms. The summed E-state index contributed by atoms with van der Waals surface area (Å²) in [5, 5.41) is 9.40. The molecule has 1 aliphatic carbocycles. The van der Waals surface area contributed by atoms with E-state index in [1.54, 1.807) is 0 Å². The fourth-order valence-electron chi connectivity index (χ4n) is 3.74. The van der Waals surface area contributed by atoms with Gasteiger partial charge in [-0.15, -0.1) is 0 Å². The van der Waals surface area contributed by atoms with Crippen LogP contribution in [0, 0.1) is 11.8 Å². The molecule has 0 aromatic heterocycles. The first-order chi connectivity index (χ1) is 12.8. The average Bonchev–Trinajstić information content (AvgIpc) is 3.50. The Morgan fingerprint density at radius 3 is 1.46 bits per heavy atom. The highest BCUT2D eigenvalue weighted by atomic mass is 16.5. The predicted molar refractivity (Wildman–Crippen MR) is 104 cm³/mol. The number of hydrogen-bond donors (Lipinski definition) is 1. The van der Waals surface area contributed by atoms with Crippen LogP contribution >= 0.6 is 0 Å². The van der Waals surface area contributed by atoms with Gasteiger partial charge < -0.3 is 9.84 Å². The van der Waals surface area contributed by atoms with Crippen molar-refractivity contribution >= 4 is 0 Å². The van der Waals surface area contributed by atoms with Gasteiger partial charge in [-0.25, -0.2) is 0 Å². The molecule has 0 aliphatic heterocycles. The molecule has 0 heterocycles. The van der Waals surface area contributed by atoms with Crippen molar-refractivity contribution in [3.8, 4) is 0 Å². The maximum Gasteiger partial charge on any atom is 0.143 e. The van der Waals surface area contributed by atoms with Crippen LogP contribution in [0.5, 0.6) is 0 Å². The Balaban J connectivity index is 1.83. The molecule has 0 spiro atoms. The van der Waals surface area contributed by atoms with Crippen LogP contribution in [-0.2, 0) is 10.3 Å². The number of rotatable bonds is 7. The van der Waals surface area contributed by atoms with E-state index in [9.17, 15) is 5.11 Å². The van der Waals surface area contributed by atoms with E-state index in [-0.39, 0.29) is 6.61 Å². The summed E-state index contributed by atoms with van der Waals surface area (Å²) in [7, 11) is 0. The Labute approximate surface area is 155 Å². The predicted octanol–water partition coefficient (Wildman–Crippen LogP) is 4.62. The third-order valence-electron chi connectivity index (χ3n) is 5.36. The van der Waals surface area contributed by atoms with Crippen molar-refractivity contribution in [2.75, 3.05) is 13.2 Å². The highest BCUT2D eigenvalue weighted by Crippen LogP contribution is 2.44. The van der Waals surface area contributed by atoms with Gasteiger partial charge in [0.25, 0.3) is 0 Å². The van der Waals surface area contributed by atoms with E-state index >= 15 is 0 Å². The molecule has 2 heteroatoms. The standard InChI is InChI=1S/C24H24O2/c25-17-19-16-20(19)18-26-24(21-10-4-1-5-11-21,22-12-6-2-7-13-22)23-14-8-3-9-15-23/h1-15,19-20,25H,16-18H2. The summed E-state index contributed by atoms with van der Waals surface area (Å²) < 4.78 is 6.73. The van der Waals surface area contributed by atoms with Crippen molar-refractivity contribution in [3.05, 3.63) is 108 Å². The highest BCUT2D eigenvalue weighted by molar-refractivity contribution is 5.47. The fraction of sp³-hybridized carbons (Fsp3) is 0.250. The van der Waals surface area contributed by atoms with Gasteiger partial charge in [-0.1, -0.05) is 91.0 Å². The molecule has 3 aromatic carbocycles. The van der Waals surface area contributed by atoms with E-state index in [1.165, 1.54) is 0 Å². The van der Waals surface area contributed by atoms with Crippen LogP contribution in [0.2, 0.25) is 0 Å². The van der Waals surface area contributed by atoms with Crippen LogP contribution < -0.4 is 0 Å². The molecule has 3 aromatic rings. The Bertz CT molecular complexity index is 718. The Morgan fingerprint density at radius 1 is 0.692 bits per heavy atom. The summed E-state index contributed by atoms with van der Waals surface area (Å²) in [4.78, 5) is 0. The molecule has 2 nitrogen and oxygen atoms in total. The lowest BCUT2D eigenvalue weighted by Gasteiger charge is -2.36. The first-order valence-corrected chi connectivity index (χ1v) is 9.26. The van der Waals surface area contributed by atoms with Crippen LogP contribution in [0.25, 0.3) is 0 Å². The third-order valence-corrected chi connectivity index (χ3v) is 5.36. The monoisotopic (exact) mass is 344 g/mol. The van der Waals surface area contributed by atoms with Gasteiger partial charge in [0.15, 0.2) is 0 Å². The van der Waals surface area contributed by atoms with Gasteiger partial charge in [-0.3, -0.25) is 0 Å². The molecule has 2 unspecified atom stereocenters. The van der Waals surface area contributed by atoms with Crippen molar-refractivity contribution in [3.63, 3.8) is 0 Å². The zero-order chi connectivity index (χ0) is 17.8. The van der Waals surface area contributed by atoms with Gasteiger partial charge >= 0.3 is 0 Å². The van der Waals surface area contributed by atoms with Crippen molar-refractivity contribution in [1.29, 1.82) is 0 Å². The molecule has 0 bridgehead atoms. The lowest BCUT2D eigenvalue weighted by molar-refractivity contribution is 0.00321. The molecule has 1 saturated carbocycles. The van der Waals surface area contributed by atoms with Crippen LogP contribution in [0.1, 0.15) is 23.1 Å². The maximum absolute atomic E-state index is 9.40. The summed E-state index contributed by atoms with van der Waals surface area (Å²) >= 11 is 0. The van der Waals surface area contributed by atoms with E-state index in [0.717, 1.165) is 23.1 Å². The van der Waals surface area contributed by atoms with Crippen molar-refractivity contribution in [1.82, 2.24) is 0 Å². The minimum atomic E-state index is -0.646. The molecule has 0 amide bonds. The minimum Gasteiger partial charge on any atom is -0.396 e. The van der Waals surface area contributed by atoms with Gasteiger partial charge in [-0.2, -0.15) is 0 Å². The molecule has 4 rings (SSSR count). The second-order valence-corrected chi connectivity index (χ2v) is 7.03. The normalized spacial score (nSPS) is 19.3. The zero-order valence-electron chi connectivity index (χ0n) is 14.8. The molecule has 2 atom stereocenters. The molecule has 132 valence electrons.